The molecule has 0 aromatic rings. The van der Waals surface area contributed by atoms with Gasteiger partial charge in [-0.05, 0) is 18.7 Å². The molecule has 76 valence electrons. The van der Waals surface area contributed by atoms with E-state index in [9.17, 15) is 0 Å². The summed E-state index contributed by atoms with van der Waals surface area (Å²) in [4.78, 5) is 6.04. The van der Waals surface area contributed by atoms with Crippen molar-refractivity contribution in [3.05, 3.63) is 49.7 Å². The Morgan fingerprint density at radius 1 is 1.36 bits per heavy atom. The number of aliphatic imine (C=N–C) groups is 1. The average molecular weight is 190 g/mol. The van der Waals surface area contributed by atoms with Crippen molar-refractivity contribution < 1.29 is 0 Å². The molecule has 0 aliphatic heterocycles. The second-order valence-corrected chi connectivity index (χ2v) is 2.65. The summed E-state index contributed by atoms with van der Waals surface area (Å²) < 4.78 is 0. The molecular weight excluding hydrogens is 172 g/mol. The van der Waals surface area contributed by atoms with Crippen LogP contribution in [0.3, 0.4) is 0 Å². The highest BCUT2D eigenvalue weighted by molar-refractivity contribution is 5.57. The largest absolute Gasteiger partial charge is 0.336 e. The van der Waals surface area contributed by atoms with Gasteiger partial charge in [-0.25, -0.2) is 0 Å². The molecule has 0 atom stereocenters. The fourth-order valence-electron chi connectivity index (χ4n) is 0.887. The maximum atomic E-state index is 4.13. The van der Waals surface area contributed by atoms with Crippen LogP contribution < -0.4 is 0 Å². The van der Waals surface area contributed by atoms with Crippen molar-refractivity contribution in [1.29, 1.82) is 0 Å². The zero-order chi connectivity index (χ0) is 10.8. The van der Waals surface area contributed by atoms with Crippen molar-refractivity contribution in [1.82, 2.24) is 4.90 Å². The van der Waals surface area contributed by atoms with E-state index in [2.05, 4.69) is 24.7 Å². The zero-order valence-electron chi connectivity index (χ0n) is 8.82. The van der Waals surface area contributed by atoms with Gasteiger partial charge in [0.1, 0.15) is 0 Å². The minimum Gasteiger partial charge on any atom is -0.336 e. The second-order valence-electron chi connectivity index (χ2n) is 2.65. The maximum Gasteiger partial charge on any atom is 0.0892 e. The molecule has 0 aromatic carbocycles. The van der Waals surface area contributed by atoms with Gasteiger partial charge in [0, 0.05) is 13.1 Å². The first-order valence-corrected chi connectivity index (χ1v) is 4.60. The Labute approximate surface area is 86.7 Å². The van der Waals surface area contributed by atoms with Crippen molar-refractivity contribution in [3.63, 3.8) is 0 Å². The van der Waals surface area contributed by atoms with Crippen molar-refractivity contribution in [2.24, 2.45) is 4.99 Å². The third-order valence-corrected chi connectivity index (χ3v) is 1.61. The van der Waals surface area contributed by atoms with Crippen LogP contribution in [0.4, 0.5) is 0 Å². The van der Waals surface area contributed by atoms with E-state index in [1.54, 1.807) is 24.7 Å². The van der Waals surface area contributed by atoms with Crippen molar-refractivity contribution in [3.8, 4) is 0 Å². The van der Waals surface area contributed by atoms with E-state index in [4.69, 9.17) is 0 Å². The van der Waals surface area contributed by atoms with Crippen LogP contribution in [0.2, 0.25) is 0 Å². The molecule has 0 rings (SSSR count). The lowest BCUT2D eigenvalue weighted by atomic mass is 10.2. The summed E-state index contributed by atoms with van der Waals surface area (Å²) in [6.45, 7) is 14.6. The third-order valence-electron chi connectivity index (χ3n) is 1.61. The summed E-state index contributed by atoms with van der Waals surface area (Å²) >= 11 is 0. The van der Waals surface area contributed by atoms with Gasteiger partial charge in [0.2, 0.25) is 0 Å². The molecule has 0 unspecified atom stereocenters. The lowest BCUT2D eigenvalue weighted by Crippen LogP contribution is -2.17. The Bertz CT molecular complexity index is 249. The molecule has 0 fully saturated rings. The average Bonchev–Trinajstić information content (AvgIpc) is 2.22. The van der Waals surface area contributed by atoms with Crippen molar-refractivity contribution in [2.75, 3.05) is 13.1 Å². The topological polar surface area (TPSA) is 15.6 Å². The predicted molar refractivity (Wildman–Crippen MR) is 64.4 cm³/mol. The number of hydrogen-bond acceptors (Lipinski definition) is 1. The molecule has 0 radical (unpaired) electrons. The van der Waals surface area contributed by atoms with Gasteiger partial charge in [0.15, 0.2) is 0 Å². The molecule has 2 heteroatoms. The summed E-state index contributed by atoms with van der Waals surface area (Å²) in [5.41, 5.74) is 1.09. The molecular formula is C12H18N2. The van der Waals surface area contributed by atoms with Crippen LogP contribution in [0.25, 0.3) is 0 Å². The molecule has 0 spiro atoms. The Balaban J connectivity index is 4.35. The summed E-state index contributed by atoms with van der Waals surface area (Å²) in [5.74, 6) is 0. The van der Waals surface area contributed by atoms with E-state index in [0.29, 0.717) is 0 Å². The standard InChI is InChI=1S/C12H18N2/c1-5-9-12(6-2)10-14(8-4)11-13-7-3/h5-6,8-9,11H,1-2,4,7,10H2,3H3/b12-9+,13-11?. The van der Waals surface area contributed by atoms with Crippen LogP contribution in [0.5, 0.6) is 0 Å². The SMILES string of the molecule is C=C/C=C(\C=C)CN(C=C)C=NCC. The summed E-state index contributed by atoms with van der Waals surface area (Å²) in [6.07, 6.45) is 8.98. The maximum absolute atomic E-state index is 4.13. The molecule has 0 heterocycles. The van der Waals surface area contributed by atoms with E-state index in [1.165, 1.54) is 0 Å². The van der Waals surface area contributed by atoms with Gasteiger partial charge >= 0.3 is 0 Å². The Kier molecular flexibility index (Phi) is 7.15. The number of hydrogen-bond donors (Lipinski definition) is 0. The third kappa shape index (κ3) is 5.14. The lowest BCUT2D eigenvalue weighted by Gasteiger charge is -2.14. The molecule has 0 N–H and O–H groups in total. The summed E-state index contributed by atoms with van der Waals surface area (Å²) in [7, 11) is 0. The first-order valence-electron chi connectivity index (χ1n) is 4.60. The number of nitrogens with zero attached hydrogens (tertiary/aromatic N) is 2. The molecule has 0 amide bonds. The van der Waals surface area contributed by atoms with E-state index in [0.717, 1.165) is 18.7 Å². The van der Waals surface area contributed by atoms with Gasteiger partial charge in [0.25, 0.3) is 0 Å². The monoisotopic (exact) mass is 190 g/mol. The minimum atomic E-state index is 0.725. The molecule has 0 bridgehead atoms. The van der Waals surface area contributed by atoms with Crippen LogP contribution in [0, 0.1) is 0 Å². The van der Waals surface area contributed by atoms with E-state index in [1.807, 2.05) is 17.9 Å². The molecule has 0 aliphatic carbocycles. The molecule has 0 saturated heterocycles. The predicted octanol–water partition coefficient (Wildman–Crippen LogP) is 2.78. The van der Waals surface area contributed by atoms with Crippen LogP contribution in [0.15, 0.2) is 54.7 Å². The van der Waals surface area contributed by atoms with Crippen LogP contribution >= 0.6 is 0 Å². The number of allylic oxidation sites excluding steroid dienone is 2. The summed E-state index contributed by atoms with van der Waals surface area (Å²) in [6, 6.07) is 0. The fourth-order valence-corrected chi connectivity index (χ4v) is 0.887. The van der Waals surface area contributed by atoms with Crippen LogP contribution in [-0.2, 0) is 0 Å². The van der Waals surface area contributed by atoms with Gasteiger partial charge in [-0.2, -0.15) is 0 Å². The first-order chi connectivity index (χ1) is 6.78. The van der Waals surface area contributed by atoms with Crippen molar-refractivity contribution in [2.45, 2.75) is 6.92 Å². The van der Waals surface area contributed by atoms with E-state index >= 15 is 0 Å². The van der Waals surface area contributed by atoms with E-state index < -0.39 is 0 Å². The fraction of sp³-hybridized carbons (Fsp3) is 0.250. The Morgan fingerprint density at radius 2 is 2.07 bits per heavy atom. The smallest absolute Gasteiger partial charge is 0.0892 e. The van der Waals surface area contributed by atoms with Gasteiger partial charge in [0.05, 0.1) is 6.34 Å². The minimum absolute atomic E-state index is 0.725. The molecule has 0 aromatic heterocycles. The van der Waals surface area contributed by atoms with Crippen LogP contribution in [-0.4, -0.2) is 24.3 Å². The number of rotatable bonds is 7. The molecule has 14 heavy (non-hydrogen) atoms. The van der Waals surface area contributed by atoms with Gasteiger partial charge in [-0.15, -0.1) is 0 Å². The van der Waals surface area contributed by atoms with Crippen LogP contribution in [0.1, 0.15) is 6.92 Å². The lowest BCUT2D eigenvalue weighted by molar-refractivity contribution is 0.628. The normalized spacial score (nSPS) is 11.4. The van der Waals surface area contributed by atoms with E-state index in [-0.39, 0.29) is 0 Å². The van der Waals surface area contributed by atoms with Gasteiger partial charge in [-0.3, -0.25) is 4.99 Å². The highest BCUT2D eigenvalue weighted by Crippen LogP contribution is 1.99. The quantitative estimate of drug-likeness (QED) is 0.342. The van der Waals surface area contributed by atoms with Crippen molar-refractivity contribution >= 4 is 6.34 Å². The Hall–Kier alpha value is -1.57. The second kappa shape index (κ2) is 8.05. The highest BCUT2D eigenvalue weighted by Gasteiger charge is 1.95. The highest BCUT2D eigenvalue weighted by atomic mass is 15.1. The Morgan fingerprint density at radius 3 is 2.50 bits per heavy atom. The first kappa shape index (κ1) is 12.4. The molecule has 0 saturated carbocycles. The molecule has 2 nitrogen and oxygen atoms in total. The summed E-state index contributed by atoms with van der Waals surface area (Å²) in [5, 5.41) is 0. The van der Waals surface area contributed by atoms with Gasteiger partial charge in [-0.1, -0.05) is 38.0 Å². The van der Waals surface area contributed by atoms with Gasteiger partial charge < -0.3 is 4.90 Å². The zero-order valence-corrected chi connectivity index (χ0v) is 8.82. The molecule has 0 aliphatic rings.